The van der Waals surface area contributed by atoms with Gasteiger partial charge in [0, 0.05) is 84.1 Å². The molecular formula is C48H49N11O5S. The molecule has 0 saturated carbocycles. The number of aromatic nitrogens is 7. The van der Waals surface area contributed by atoms with Crippen LogP contribution in [-0.2, 0) is 0 Å². The van der Waals surface area contributed by atoms with Crippen molar-refractivity contribution in [3.63, 3.8) is 0 Å². The molecule has 2 N–H and O–H groups in total. The predicted molar refractivity (Wildman–Crippen MR) is 248 cm³/mol. The van der Waals surface area contributed by atoms with E-state index in [1.54, 1.807) is 20.3 Å². The molecule has 8 heterocycles. The molecule has 0 radical (unpaired) electrons. The van der Waals surface area contributed by atoms with Gasteiger partial charge in [-0.1, -0.05) is 55.4 Å². The van der Waals surface area contributed by atoms with Crippen molar-refractivity contribution in [1.82, 2.24) is 43.1 Å². The standard InChI is InChI=1S/C48H49N11O5S/c1-29(2)43-52-46(65-55-43)53-48(61)59-28-33(45-50-41(37-14-5-8-23-58(37)45)30-11-9-13-34(25-30)62-3)17-19-36(59)35-18-16-31(26-39(35)63-4)42-38-15-6-7-22-57(38)44(51-42)32-12-10-21-56(27-32)47(60)49-40-20-24-64-54-40/h5-9,11,13-16,18,20,22-26,29,32-33,36H,10,12,17,19,21,27-28H2,1-4H3,(H,49,54,60)(H,52,53,55,61)/t32-,33-,36?/m1/s1. The minimum atomic E-state index is -0.331. The minimum Gasteiger partial charge on any atom is -0.497 e. The van der Waals surface area contributed by atoms with Crippen LogP contribution in [0.1, 0.15) is 86.4 Å². The molecule has 2 aliphatic rings. The number of fused-ring (bicyclic) bond motifs is 2. The van der Waals surface area contributed by atoms with Gasteiger partial charge in [0.25, 0.3) is 0 Å². The molecule has 2 saturated heterocycles. The highest BCUT2D eigenvalue weighted by Crippen LogP contribution is 2.44. The number of nitrogens with one attached hydrogen (secondary N) is 2. The molecule has 65 heavy (non-hydrogen) atoms. The molecule has 4 amide bonds. The molecule has 2 aliphatic heterocycles. The fraction of sp³-hybridized carbons (Fsp3) is 0.312. The van der Waals surface area contributed by atoms with E-state index in [1.165, 1.54) is 17.8 Å². The van der Waals surface area contributed by atoms with Gasteiger partial charge in [0.2, 0.25) is 5.13 Å². The number of ether oxygens (including phenoxy) is 2. The Morgan fingerprint density at radius 2 is 1.51 bits per heavy atom. The number of pyridine rings is 2. The number of nitrogens with zero attached hydrogens (tertiary/aromatic N) is 9. The van der Waals surface area contributed by atoms with Crippen LogP contribution >= 0.6 is 11.5 Å². The van der Waals surface area contributed by atoms with E-state index in [0.29, 0.717) is 48.6 Å². The summed E-state index contributed by atoms with van der Waals surface area (Å²) in [4.78, 5) is 46.8. The molecule has 6 aromatic heterocycles. The van der Waals surface area contributed by atoms with Crippen molar-refractivity contribution in [2.24, 2.45) is 0 Å². The maximum absolute atomic E-state index is 14.6. The number of methoxy groups -OCH3 is 2. The molecule has 3 atom stereocenters. The van der Waals surface area contributed by atoms with Gasteiger partial charge in [-0.3, -0.25) is 10.6 Å². The van der Waals surface area contributed by atoms with Crippen molar-refractivity contribution >= 4 is 45.6 Å². The molecule has 8 aromatic rings. The first-order chi connectivity index (χ1) is 31.8. The Morgan fingerprint density at radius 1 is 0.769 bits per heavy atom. The lowest BCUT2D eigenvalue weighted by atomic mass is 9.87. The number of hydrogen-bond donors (Lipinski definition) is 2. The Kier molecular flexibility index (Phi) is 11.4. The highest BCUT2D eigenvalue weighted by atomic mass is 32.1. The minimum absolute atomic E-state index is 0.00216. The van der Waals surface area contributed by atoms with Crippen molar-refractivity contribution in [2.75, 3.05) is 44.5 Å². The van der Waals surface area contributed by atoms with E-state index in [0.717, 1.165) is 75.8 Å². The number of likely N-dealkylation sites (tertiary alicyclic amines) is 2. The second-order valence-corrected chi connectivity index (χ2v) is 17.6. The fourth-order valence-electron chi connectivity index (χ4n) is 9.28. The van der Waals surface area contributed by atoms with Gasteiger partial charge in [-0.05, 0) is 68.1 Å². The number of carbonyl (C=O) groups excluding carboxylic acids is 2. The van der Waals surface area contributed by atoms with Crippen molar-refractivity contribution < 1.29 is 23.6 Å². The normalized spacial score (nSPS) is 17.8. The summed E-state index contributed by atoms with van der Waals surface area (Å²) in [5.41, 5.74) is 6.31. The highest BCUT2D eigenvalue weighted by Gasteiger charge is 2.38. The molecular weight excluding hydrogens is 843 g/mol. The number of amides is 4. The Labute approximate surface area is 379 Å². The van der Waals surface area contributed by atoms with Gasteiger partial charge in [-0.15, -0.1) is 0 Å². The van der Waals surface area contributed by atoms with Crippen LogP contribution in [0.25, 0.3) is 33.5 Å². The van der Waals surface area contributed by atoms with Crippen LogP contribution in [-0.4, -0.2) is 89.0 Å². The summed E-state index contributed by atoms with van der Waals surface area (Å²) in [7, 11) is 3.33. The van der Waals surface area contributed by atoms with E-state index in [4.69, 9.17) is 24.0 Å². The van der Waals surface area contributed by atoms with Gasteiger partial charge < -0.3 is 32.6 Å². The molecule has 2 aromatic carbocycles. The maximum atomic E-state index is 14.6. The van der Waals surface area contributed by atoms with Crippen molar-refractivity contribution in [2.45, 2.75) is 63.3 Å². The SMILES string of the molecule is COc1cccc(-c2nc([C@@H]3CCC(c4ccc(-c5nc([C@@H]6CCCN(C(=O)Nc7ccon7)C6)n6ccccc56)cc4OC)N(C(=O)Nc4nc(C(C)C)ns4)C3)n3ccccc23)c1. The van der Waals surface area contributed by atoms with Crippen LogP contribution < -0.4 is 20.1 Å². The Hall–Kier alpha value is -7.27. The van der Waals surface area contributed by atoms with E-state index in [9.17, 15) is 9.59 Å². The first-order valence-electron chi connectivity index (χ1n) is 21.9. The summed E-state index contributed by atoms with van der Waals surface area (Å²) in [6.45, 7) is 5.60. The average Bonchev–Trinajstić information content (AvgIpc) is 4.18. The first-order valence-corrected chi connectivity index (χ1v) is 22.7. The first kappa shape index (κ1) is 41.7. The van der Waals surface area contributed by atoms with Crippen LogP contribution in [0.2, 0.25) is 0 Å². The Balaban J connectivity index is 0.975. The van der Waals surface area contributed by atoms with Gasteiger partial charge >= 0.3 is 12.1 Å². The average molecular weight is 892 g/mol. The molecule has 1 unspecified atom stereocenters. The summed E-state index contributed by atoms with van der Waals surface area (Å²) in [6, 6.07) is 27.1. The summed E-state index contributed by atoms with van der Waals surface area (Å²) in [5.74, 6) is 4.28. The van der Waals surface area contributed by atoms with Crippen molar-refractivity contribution in [1.29, 1.82) is 0 Å². The largest absolute Gasteiger partial charge is 0.497 e. The van der Waals surface area contributed by atoms with E-state index < -0.39 is 0 Å². The molecule has 16 nitrogen and oxygen atoms in total. The van der Waals surface area contributed by atoms with Gasteiger partial charge in [-0.2, -0.15) is 4.37 Å². The number of imidazole rings is 2. The van der Waals surface area contributed by atoms with Crippen molar-refractivity contribution in [3.05, 3.63) is 127 Å². The quantitative estimate of drug-likeness (QED) is 0.135. The molecule has 2 fully saturated rings. The monoisotopic (exact) mass is 891 g/mol. The predicted octanol–water partition coefficient (Wildman–Crippen LogP) is 9.86. The third kappa shape index (κ3) is 8.11. The summed E-state index contributed by atoms with van der Waals surface area (Å²) < 4.78 is 25.4. The number of piperidine rings is 2. The van der Waals surface area contributed by atoms with Gasteiger partial charge in [0.1, 0.15) is 35.2 Å². The number of hydrogen-bond acceptors (Lipinski definition) is 11. The molecule has 332 valence electrons. The lowest BCUT2D eigenvalue weighted by molar-refractivity contribution is 0.149. The van der Waals surface area contributed by atoms with E-state index in [-0.39, 0.29) is 35.9 Å². The van der Waals surface area contributed by atoms with E-state index in [2.05, 4.69) is 58.2 Å². The second kappa shape index (κ2) is 17.7. The zero-order valence-corrected chi connectivity index (χ0v) is 37.4. The van der Waals surface area contributed by atoms with E-state index in [1.807, 2.05) is 90.6 Å². The molecule has 10 rings (SSSR count). The second-order valence-electron chi connectivity index (χ2n) is 16.8. The van der Waals surface area contributed by atoms with Crippen LogP contribution in [0.15, 0.2) is 108 Å². The molecule has 0 spiro atoms. The lowest BCUT2D eigenvalue weighted by Gasteiger charge is -2.39. The number of benzene rings is 2. The Morgan fingerprint density at radius 3 is 2.18 bits per heavy atom. The van der Waals surface area contributed by atoms with Gasteiger partial charge in [-0.25, -0.2) is 24.5 Å². The fourth-order valence-corrected chi connectivity index (χ4v) is 9.98. The molecule has 17 heteroatoms. The molecule has 0 aliphatic carbocycles. The number of carbonyl (C=O) groups is 2. The maximum Gasteiger partial charge on any atom is 0.324 e. The van der Waals surface area contributed by atoms with Crippen LogP contribution in [0.3, 0.4) is 0 Å². The van der Waals surface area contributed by atoms with Gasteiger partial charge in [0.15, 0.2) is 5.82 Å². The number of urea groups is 2. The topological polar surface area (TPSA) is 170 Å². The Bertz CT molecular complexity index is 3000. The lowest BCUT2D eigenvalue weighted by Crippen LogP contribution is -2.44. The summed E-state index contributed by atoms with van der Waals surface area (Å²) >= 11 is 1.18. The third-order valence-electron chi connectivity index (χ3n) is 12.5. The summed E-state index contributed by atoms with van der Waals surface area (Å²) in [5, 5.41) is 10.2. The number of rotatable bonds is 10. The smallest absolute Gasteiger partial charge is 0.324 e. The van der Waals surface area contributed by atoms with Gasteiger partial charge in [0.05, 0.1) is 42.7 Å². The van der Waals surface area contributed by atoms with E-state index >= 15 is 0 Å². The zero-order chi connectivity index (χ0) is 44.6. The third-order valence-corrected chi connectivity index (χ3v) is 13.1. The van der Waals surface area contributed by atoms with Crippen molar-refractivity contribution in [3.8, 4) is 34.0 Å². The van der Waals surface area contributed by atoms with Crippen LogP contribution in [0.5, 0.6) is 11.5 Å². The zero-order valence-electron chi connectivity index (χ0n) is 36.5. The van der Waals surface area contributed by atoms with Crippen LogP contribution in [0.4, 0.5) is 20.5 Å². The number of anilines is 2. The van der Waals surface area contributed by atoms with Crippen LogP contribution in [0, 0.1) is 0 Å². The highest BCUT2D eigenvalue weighted by molar-refractivity contribution is 7.09. The summed E-state index contributed by atoms with van der Waals surface area (Å²) in [6.07, 6.45) is 8.64. The molecule has 0 bridgehead atoms.